The largest absolute Gasteiger partial charge is 0.325 e. The summed E-state index contributed by atoms with van der Waals surface area (Å²) in [5.74, 6) is 0.00643. The highest BCUT2D eigenvalue weighted by Gasteiger charge is 2.13. The lowest BCUT2D eigenvalue weighted by atomic mass is 9.87. The van der Waals surface area contributed by atoms with E-state index >= 15 is 0 Å². The van der Waals surface area contributed by atoms with Crippen LogP contribution < -0.4 is 5.32 Å². The van der Waals surface area contributed by atoms with Gasteiger partial charge in [0.05, 0.1) is 6.54 Å². The molecule has 0 saturated carbocycles. The van der Waals surface area contributed by atoms with Crippen LogP contribution in [-0.4, -0.2) is 24.4 Å². The second kappa shape index (κ2) is 7.42. The van der Waals surface area contributed by atoms with Gasteiger partial charge in [0, 0.05) is 12.2 Å². The number of nitrogens with zero attached hydrogens (tertiary/aromatic N) is 1. The monoisotopic (exact) mass is 310 g/mol. The Balaban J connectivity index is 1.87. The van der Waals surface area contributed by atoms with Crippen LogP contribution in [-0.2, 0) is 16.8 Å². The Morgan fingerprint density at radius 2 is 1.61 bits per heavy atom. The van der Waals surface area contributed by atoms with Crippen LogP contribution in [0.2, 0.25) is 0 Å². The fraction of sp³-hybridized carbons (Fsp3) is 0.350. The lowest BCUT2D eigenvalue weighted by Gasteiger charge is -2.19. The molecule has 2 aromatic carbocycles. The first-order valence-corrected chi connectivity index (χ1v) is 7.97. The minimum Gasteiger partial charge on any atom is -0.325 e. The van der Waals surface area contributed by atoms with Crippen LogP contribution in [0.15, 0.2) is 54.6 Å². The molecule has 3 nitrogen and oxygen atoms in total. The molecule has 1 N–H and O–H groups in total. The summed E-state index contributed by atoms with van der Waals surface area (Å²) in [5, 5.41) is 2.96. The molecule has 2 rings (SSSR count). The standard InChI is InChI=1S/C20H26N2O/c1-20(2,3)17-10-12-18(13-11-17)21-19(23)15-22(4)14-16-8-6-5-7-9-16/h5-13H,14-15H2,1-4H3,(H,21,23). The van der Waals surface area contributed by atoms with Crippen molar-refractivity contribution in [1.82, 2.24) is 4.90 Å². The summed E-state index contributed by atoms with van der Waals surface area (Å²) >= 11 is 0. The zero-order valence-corrected chi connectivity index (χ0v) is 14.5. The Kier molecular flexibility index (Phi) is 5.56. The van der Waals surface area contributed by atoms with Crippen molar-refractivity contribution in [1.29, 1.82) is 0 Å². The van der Waals surface area contributed by atoms with Crippen LogP contribution in [0.5, 0.6) is 0 Å². The van der Waals surface area contributed by atoms with E-state index in [2.05, 4.69) is 50.4 Å². The maximum atomic E-state index is 12.1. The van der Waals surface area contributed by atoms with Crippen LogP contribution in [0, 0.1) is 0 Å². The summed E-state index contributed by atoms with van der Waals surface area (Å²) in [4.78, 5) is 14.2. The number of rotatable bonds is 5. The maximum absolute atomic E-state index is 12.1. The van der Waals surface area contributed by atoms with E-state index in [1.54, 1.807) is 0 Å². The Morgan fingerprint density at radius 3 is 2.17 bits per heavy atom. The number of benzene rings is 2. The van der Waals surface area contributed by atoms with Crippen molar-refractivity contribution in [2.45, 2.75) is 32.7 Å². The second-order valence-corrected chi connectivity index (χ2v) is 7.03. The van der Waals surface area contributed by atoms with Crippen molar-refractivity contribution in [2.75, 3.05) is 18.9 Å². The summed E-state index contributed by atoms with van der Waals surface area (Å²) in [6.45, 7) is 7.67. The van der Waals surface area contributed by atoms with Crippen molar-refractivity contribution in [3.8, 4) is 0 Å². The fourth-order valence-corrected chi connectivity index (χ4v) is 2.45. The number of hydrogen-bond donors (Lipinski definition) is 1. The molecule has 1 amide bonds. The van der Waals surface area contributed by atoms with Crippen LogP contribution in [0.1, 0.15) is 31.9 Å². The first-order valence-electron chi connectivity index (χ1n) is 7.97. The lowest BCUT2D eigenvalue weighted by Crippen LogP contribution is -2.29. The molecule has 0 saturated heterocycles. The topological polar surface area (TPSA) is 32.3 Å². The molecule has 0 aromatic heterocycles. The molecule has 0 unspecified atom stereocenters. The summed E-state index contributed by atoms with van der Waals surface area (Å²) in [6.07, 6.45) is 0. The van der Waals surface area contributed by atoms with Crippen molar-refractivity contribution < 1.29 is 4.79 Å². The normalized spacial score (nSPS) is 11.5. The zero-order valence-electron chi connectivity index (χ0n) is 14.5. The molecule has 0 atom stereocenters. The zero-order chi connectivity index (χ0) is 16.9. The van der Waals surface area contributed by atoms with E-state index in [4.69, 9.17) is 0 Å². The van der Waals surface area contributed by atoms with E-state index < -0.39 is 0 Å². The molecule has 0 spiro atoms. The SMILES string of the molecule is CN(CC(=O)Nc1ccc(C(C)(C)C)cc1)Cc1ccccc1. The Bertz CT molecular complexity index is 627. The molecule has 3 heteroatoms. The second-order valence-electron chi connectivity index (χ2n) is 7.03. The molecule has 23 heavy (non-hydrogen) atoms. The fourth-order valence-electron chi connectivity index (χ4n) is 2.45. The molecular formula is C20H26N2O. The number of nitrogens with one attached hydrogen (secondary N) is 1. The Labute approximate surface area is 139 Å². The van der Waals surface area contributed by atoms with Crippen LogP contribution in [0.3, 0.4) is 0 Å². The van der Waals surface area contributed by atoms with E-state index in [0.717, 1.165) is 12.2 Å². The molecule has 0 aliphatic carbocycles. The van der Waals surface area contributed by atoms with Gasteiger partial charge >= 0.3 is 0 Å². The van der Waals surface area contributed by atoms with E-state index in [1.165, 1.54) is 11.1 Å². The number of carbonyl (C=O) groups excluding carboxylic acids is 1. The Morgan fingerprint density at radius 1 is 1.00 bits per heavy atom. The number of hydrogen-bond acceptors (Lipinski definition) is 2. The predicted octanol–water partition coefficient (Wildman–Crippen LogP) is 4.05. The van der Waals surface area contributed by atoms with E-state index in [1.807, 2.05) is 42.3 Å². The highest BCUT2D eigenvalue weighted by atomic mass is 16.2. The molecular weight excluding hydrogens is 284 g/mol. The van der Waals surface area contributed by atoms with Gasteiger partial charge in [-0.25, -0.2) is 0 Å². The summed E-state index contributed by atoms with van der Waals surface area (Å²) in [5.41, 5.74) is 3.43. The van der Waals surface area contributed by atoms with E-state index in [-0.39, 0.29) is 11.3 Å². The minimum absolute atomic E-state index is 0.00643. The molecule has 0 aliphatic heterocycles. The van der Waals surface area contributed by atoms with Crippen molar-refractivity contribution >= 4 is 11.6 Å². The van der Waals surface area contributed by atoms with Gasteiger partial charge in [-0.1, -0.05) is 63.2 Å². The number of carbonyl (C=O) groups is 1. The van der Waals surface area contributed by atoms with Crippen LogP contribution in [0.4, 0.5) is 5.69 Å². The van der Waals surface area contributed by atoms with Gasteiger partial charge in [-0.2, -0.15) is 0 Å². The first kappa shape index (κ1) is 17.2. The van der Waals surface area contributed by atoms with Crippen LogP contribution >= 0.6 is 0 Å². The summed E-state index contributed by atoms with van der Waals surface area (Å²) in [6, 6.07) is 18.2. The average molecular weight is 310 g/mol. The lowest BCUT2D eigenvalue weighted by molar-refractivity contribution is -0.117. The molecule has 2 aromatic rings. The summed E-state index contributed by atoms with van der Waals surface area (Å²) < 4.78 is 0. The van der Waals surface area contributed by atoms with Crippen molar-refractivity contribution in [3.63, 3.8) is 0 Å². The quantitative estimate of drug-likeness (QED) is 0.903. The van der Waals surface area contributed by atoms with Crippen LogP contribution in [0.25, 0.3) is 0 Å². The molecule has 122 valence electrons. The minimum atomic E-state index is 0.00643. The third-order valence-corrected chi connectivity index (χ3v) is 3.74. The highest BCUT2D eigenvalue weighted by molar-refractivity contribution is 5.92. The van der Waals surface area contributed by atoms with E-state index in [9.17, 15) is 4.79 Å². The van der Waals surface area contributed by atoms with Gasteiger partial charge < -0.3 is 5.32 Å². The number of amides is 1. The van der Waals surface area contributed by atoms with Crippen molar-refractivity contribution in [2.24, 2.45) is 0 Å². The molecule has 0 heterocycles. The van der Waals surface area contributed by atoms with Gasteiger partial charge in [-0.15, -0.1) is 0 Å². The van der Waals surface area contributed by atoms with Gasteiger partial charge in [-0.05, 0) is 35.7 Å². The van der Waals surface area contributed by atoms with E-state index in [0.29, 0.717) is 6.54 Å². The highest BCUT2D eigenvalue weighted by Crippen LogP contribution is 2.23. The number of likely N-dealkylation sites (N-methyl/N-ethyl adjacent to an activating group) is 1. The third-order valence-electron chi connectivity index (χ3n) is 3.74. The molecule has 0 bridgehead atoms. The third kappa shape index (κ3) is 5.53. The Hall–Kier alpha value is -2.13. The first-order chi connectivity index (χ1) is 10.8. The van der Waals surface area contributed by atoms with Gasteiger partial charge in [0.25, 0.3) is 0 Å². The molecule has 0 radical (unpaired) electrons. The molecule has 0 fully saturated rings. The van der Waals surface area contributed by atoms with Gasteiger partial charge in [0.15, 0.2) is 0 Å². The van der Waals surface area contributed by atoms with Gasteiger partial charge in [-0.3, -0.25) is 9.69 Å². The molecule has 0 aliphatic rings. The van der Waals surface area contributed by atoms with Gasteiger partial charge in [0.2, 0.25) is 5.91 Å². The smallest absolute Gasteiger partial charge is 0.238 e. The van der Waals surface area contributed by atoms with Gasteiger partial charge in [0.1, 0.15) is 0 Å². The average Bonchev–Trinajstić information content (AvgIpc) is 2.47. The summed E-state index contributed by atoms with van der Waals surface area (Å²) in [7, 11) is 1.95. The van der Waals surface area contributed by atoms with Crippen molar-refractivity contribution in [3.05, 3.63) is 65.7 Å². The predicted molar refractivity (Wildman–Crippen MR) is 96.5 cm³/mol. The maximum Gasteiger partial charge on any atom is 0.238 e. The number of anilines is 1.